The highest BCUT2D eigenvalue weighted by Crippen LogP contribution is 2.26. The van der Waals surface area contributed by atoms with Crippen LogP contribution in [0.1, 0.15) is 17.2 Å². The number of nitro groups is 1. The van der Waals surface area contributed by atoms with Crippen LogP contribution < -0.4 is 4.72 Å². The Morgan fingerprint density at radius 1 is 1.00 bits per heavy atom. The molecule has 3 aromatic rings. The van der Waals surface area contributed by atoms with Crippen molar-refractivity contribution in [1.82, 2.24) is 4.72 Å². The molecule has 1 unspecified atom stereocenters. The fourth-order valence-corrected chi connectivity index (χ4v) is 4.08. The molecule has 0 aromatic heterocycles. The predicted molar refractivity (Wildman–Crippen MR) is 100 cm³/mol. The lowest BCUT2D eigenvalue weighted by Crippen LogP contribution is -2.33. The zero-order valence-electron chi connectivity index (χ0n) is 14.1. The Kier molecular flexibility index (Phi) is 5.01. The molecule has 1 atom stereocenters. The van der Waals surface area contributed by atoms with Crippen molar-refractivity contribution >= 4 is 20.8 Å². The summed E-state index contributed by atoms with van der Waals surface area (Å²) in [5.74, 6) is 0. The van der Waals surface area contributed by atoms with E-state index in [9.17, 15) is 18.5 Å². The Morgan fingerprint density at radius 2 is 1.65 bits per heavy atom. The van der Waals surface area contributed by atoms with E-state index < -0.39 is 27.5 Å². The SMILES string of the molecule is Cc1ccc(S(=O)(=O)NC(C[N+](=O)[O-])c2cccc3ccccc23)cc1. The quantitative estimate of drug-likeness (QED) is 0.532. The smallest absolute Gasteiger partial charge is 0.241 e. The number of hydrogen-bond acceptors (Lipinski definition) is 4. The van der Waals surface area contributed by atoms with Crippen molar-refractivity contribution in [3.8, 4) is 0 Å². The third kappa shape index (κ3) is 3.89. The van der Waals surface area contributed by atoms with E-state index in [2.05, 4.69) is 4.72 Å². The Labute approximate surface area is 151 Å². The maximum Gasteiger partial charge on any atom is 0.241 e. The highest BCUT2D eigenvalue weighted by molar-refractivity contribution is 7.89. The zero-order chi connectivity index (χ0) is 18.7. The number of nitrogens with one attached hydrogen (secondary N) is 1. The largest absolute Gasteiger partial charge is 0.264 e. The molecule has 3 rings (SSSR count). The fraction of sp³-hybridized carbons (Fsp3) is 0.158. The standard InChI is InChI=1S/C19H18N2O4S/c1-14-9-11-16(12-10-14)26(24,25)20-19(13-21(22)23)18-8-4-6-15-5-2-3-7-17(15)18/h2-12,19-20H,13H2,1H3. The molecule has 0 aliphatic heterocycles. The summed E-state index contributed by atoms with van der Waals surface area (Å²) in [5.41, 5.74) is 1.51. The lowest BCUT2D eigenvalue weighted by molar-refractivity contribution is -0.483. The van der Waals surface area contributed by atoms with Gasteiger partial charge in [0.1, 0.15) is 6.04 Å². The van der Waals surface area contributed by atoms with E-state index in [4.69, 9.17) is 0 Å². The summed E-state index contributed by atoms with van der Waals surface area (Å²) >= 11 is 0. The fourth-order valence-electron chi connectivity index (χ4n) is 2.88. The number of sulfonamides is 1. The number of hydrogen-bond donors (Lipinski definition) is 1. The molecule has 0 heterocycles. The second-order valence-corrected chi connectivity index (χ2v) is 7.78. The van der Waals surface area contributed by atoms with E-state index in [0.717, 1.165) is 16.3 Å². The molecule has 0 radical (unpaired) electrons. The van der Waals surface area contributed by atoms with Crippen molar-refractivity contribution in [2.75, 3.05) is 6.54 Å². The summed E-state index contributed by atoms with van der Waals surface area (Å²) < 4.78 is 27.9. The Balaban J connectivity index is 2.03. The summed E-state index contributed by atoms with van der Waals surface area (Å²) in [6, 6.07) is 18.2. The van der Waals surface area contributed by atoms with Crippen molar-refractivity contribution in [1.29, 1.82) is 0 Å². The van der Waals surface area contributed by atoms with Crippen LogP contribution in [0, 0.1) is 17.0 Å². The Morgan fingerprint density at radius 3 is 2.35 bits per heavy atom. The van der Waals surface area contributed by atoms with Crippen LogP contribution >= 0.6 is 0 Å². The minimum absolute atomic E-state index is 0.0803. The van der Waals surface area contributed by atoms with Crippen LogP contribution in [0.3, 0.4) is 0 Å². The number of benzene rings is 3. The molecule has 26 heavy (non-hydrogen) atoms. The molecule has 0 spiro atoms. The molecule has 0 amide bonds. The average molecular weight is 370 g/mol. The normalized spacial score (nSPS) is 12.8. The second kappa shape index (κ2) is 7.23. The van der Waals surface area contributed by atoms with Gasteiger partial charge in [-0.2, -0.15) is 4.72 Å². The van der Waals surface area contributed by atoms with E-state index in [-0.39, 0.29) is 4.90 Å². The van der Waals surface area contributed by atoms with Crippen LogP contribution in [-0.2, 0) is 10.0 Å². The molecule has 0 saturated heterocycles. The molecule has 0 fully saturated rings. The number of nitrogens with zero attached hydrogens (tertiary/aromatic N) is 1. The monoisotopic (exact) mass is 370 g/mol. The van der Waals surface area contributed by atoms with Gasteiger partial charge in [0.05, 0.1) is 4.90 Å². The van der Waals surface area contributed by atoms with Gasteiger partial charge in [0.25, 0.3) is 0 Å². The lowest BCUT2D eigenvalue weighted by Gasteiger charge is -2.18. The molecule has 6 nitrogen and oxygen atoms in total. The van der Waals surface area contributed by atoms with Crippen molar-refractivity contribution in [2.45, 2.75) is 17.9 Å². The summed E-state index contributed by atoms with van der Waals surface area (Å²) in [6.07, 6.45) is 0. The molecule has 0 aliphatic carbocycles. The molecule has 1 N–H and O–H groups in total. The van der Waals surface area contributed by atoms with Crippen LogP contribution in [-0.4, -0.2) is 19.9 Å². The first-order valence-corrected chi connectivity index (χ1v) is 9.53. The molecule has 0 aliphatic rings. The molecular formula is C19H18N2O4S. The van der Waals surface area contributed by atoms with Gasteiger partial charge in [0, 0.05) is 4.92 Å². The predicted octanol–water partition coefficient (Wildman–Crippen LogP) is 3.44. The van der Waals surface area contributed by atoms with Gasteiger partial charge >= 0.3 is 0 Å². The Bertz CT molecular complexity index is 1040. The van der Waals surface area contributed by atoms with Crippen LogP contribution in [0.25, 0.3) is 10.8 Å². The third-order valence-corrected chi connectivity index (χ3v) is 5.65. The molecule has 134 valence electrons. The van der Waals surface area contributed by atoms with Gasteiger partial charge in [-0.1, -0.05) is 60.2 Å². The van der Waals surface area contributed by atoms with Crippen LogP contribution in [0.4, 0.5) is 0 Å². The number of rotatable bonds is 6. The summed E-state index contributed by atoms with van der Waals surface area (Å²) in [7, 11) is -3.89. The number of fused-ring (bicyclic) bond motifs is 1. The lowest BCUT2D eigenvalue weighted by atomic mass is 9.99. The van der Waals surface area contributed by atoms with E-state index in [1.54, 1.807) is 24.3 Å². The minimum Gasteiger partial charge on any atom is -0.264 e. The van der Waals surface area contributed by atoms with Gasteiger partial charge in [0.15, 0.2) is 0 Å². The summed E-state index contributed by atoms with van der Waals surface area (Å²) in [6.45, 7) is 1.31. The highest BCUT2D eigenvalue weighted by Gasteiger charge is 2.26. The topological polar surface area (TPSA) is 89.3 Å². The van der Waals surface area contributed by atoms with Gasteiger partial charge in [-0.25, -0.2) is 8.42 Å². The average Bonchev–Trinajstić information content (AvgIpc) is 2.60. The maximum absolute atomic E-state index is 12.7. The van der Waals surface area contributed by atoms with Crippen molar-refractivity contribution in [3.05, 3.63) is 88.0 Å². The van der Waals surface area contributed by atoms with Crippen molar-refractivity contribution in [2.24, 2.45) is 0 Å². The van der Waals surface area contributed by atoms with Gasteiger partial charge in [-0.3, -0.25) is 10.1 Å². The first kappa shape index (κ1) is 18.0. The molecule has 7 heteroatoms. The first-order chi connectivity index (χ1) is 12.4. The Hall–Kier alpha value is -2.77. The second-order valence-electron chi connectivity index (χ2n) is 6.07. The zero-order valence-corrected chi connectivity index (χ0v) is 14.9. The minimum atomic E-state index is -3.89. The third-order valence-electron chi connectivity index (χ3n) is 4.16. The molecule has 0 bridgehead atoms. The van der Waals surface area contributed by atoms with Gasteiger partial charge in [-0.05, 0) is 35.4 Å². The van der Waals surface area contributed by atoms with E-state index in [0.29, 0.717) is 5.56 Å². The van der Waals surface area contributed by atoms with Crippen LogP contribution in [0.5, 0.6) is 0 Å². The molecular weight excluding hydrogens is 352 g/mol. The maximum atomic E-state index is 12.7. The van der Waals surface area contributed by atoms with Gasteiger partial charge in [-0.15, -0.1) is 0 Å². The molecule has 0 saturated carbocycles. The first-order valence-electron chi connectivity index (χ1n) is 8.05. The van der Waals surface area contributed by atoms with Crippen molar-refractivity contribution in [3.63, 3.8) is 0 Å². The van der Waals surface area contributed by atoms with E-state index in [1.165, 1.54) is 12.1 Å². The number of aryl methyl sites for hydroxylation is 1. The van der Waals surface area contributed by atoms with E-state index in [1.807, 2.05) is 37.3 Å². The molecule has 3 aromatic carbocycles. The van der Waals surface area contributed by atoms with Crippen LogP contribution in [0.15, 0.2) is 71.6 Å². The summed E-state index contributed by atoms with van der Waals surface area (Å²) in [5, 5.41) is 12.8. The van der Waals surface area contributed by atoms with Crippen LogP contribution in [0.2, 0.25) is 0 Å². The van der Waals surface area contributed by atoms with E-state index >= 15 is 0 Å². The highest BCUT2D eigenvalue weighted by atomic mass is 32.2. The van der Waals surface area contributed by atoms with Gasteiger partial charge in [0.2, 0.25) is 16.6 Å². The van der Waals surface area contributed by atoms with Gasteiger partial charge < -0.3 is 0 Å². The summed E-state index contributed by atoms with van der Waals surface area (Å²) in [4.78, 5) is 10.7. The van der Waals surface area contributed by atoms with Crippen molar-refractivity contribution < 1.29 is 13.3 Å².